The lowest BCUT2D eigenvalue weighted by Crippen LogP contribution is -2.35. The summed E-state index contributed by atoms with van der Waals surface area (Å²) in [4.78, 5) is 6.89. The largest absolute Gasteiger partial charge is 0.379 e. The van der Waals surface area contributed by atoms with Crippen LogP contribution >= 0.6 is 0 Å². The number of nitrogens with one attached hydrogen (secondary N) is 1. The van der Waals surface area contributed by atoms with Crippen LogP contribution in [-0.4, -0.2) is 37.2 Å². The molecular weight excluding hydrogens is 324 g/mol. The zero-order chi connectivity index (χ0) is 18.2. The van der Waals surface area contributed by atoms with Crippen LogP contribution < -0.4 is 11.1 Å². The number of guanidine groups is 1. The molecule has 0 spiro atoms. The maximum Gasteiger partial charge on any atom is 0.193 e. The van der Waals surface area contributed by atoms with E-state index >= 15 is 0 Å². The van der Waals surface area contributed by atoms with Gasteiger partial charge in [0.05, 0.1) is 19.8 Å². The molecule has 26 heavy (non-hydrogen) atoms. The summed E-state index contributed by atoms with van der Waals surface area (Å²) in [5, 5.41) is 3.15. The van der Waals surface area contributed by atoms with E-state index in [2.05, 4.69) is 58.5 Å². The Labute approximate surface area is 155 Å². The van der Waals surface area contributed by atoms with E-state index in [-0.39, 0.29) is 0 Å². The van der Waals surface area contributed by atoms with Gasteiger partial charge in [-0.25, -0.2) is 4.99 Å². The lowest BCUT2D eigenvalue weighted by Gasteiger charge is -2.26. The zero-order valence-electron chi connectivity index (χ0n) is 15.4. The smallest absolute Gasteiger partial charge is 0.193 e. The monoisotopic (exact) mass is 352 g/mol. The van der Waals surface area contributed by atoms with Crippen LogP contribution in [0, 0.1) is 0 Å². The number of hydrogen-bond acceptors (Lipinski definition) is 3. The number of morpholine rings is 1. The van der Waals surface area contributed by atoms with E-state index < -0.39 is 0 Å². The highest BCUT2D eigenvalue weighted by Gasteiger charge is 2.10. The lowest BCUT2D eigenvalue weighted by molar-refractivity contribution is 0.0342. The van der Waals surface area contributed by atoms with E-state index in [1.54, 1.807) is 0 Å². The summed E-state index contributed by atoms with van der Waals surface area (Å²) in [5.41, 5.74) is 10.8. The first-order valence-electron chi connectivity index (χ1n) is 9.27. The Morgan fingerprint density at radius 3 is 2.54 bits per heavy atom. The van der Waals surface area contributed by atoms with Gasteiger partial charge < -0.3 is 15.8 Å². The molecule has 0 aliphatic carbocycles. The quantitative estimate of drug-likeness (QED) is 0.620. The first-order chi connectivity index (χ1) is 12.7. The van der Waals surface area contributed by atoms with Crippen LogP contribution in [0.1, 0.15) is 23.6 Å². The van der Waals surface area contributed by atoms with Gasteiger partial charge in [-0.15, -0.1) is 0 Å². The number of ether oxygens (including phenoxy) is 1. The molecule has 0 radical (unpaired) electrons. The van der Waals surface area contributed by atoms with Crippen molar-refractivity contribution >= 4 is 11.6 Å². The topological polar surface area (TPSA) is 62.9 Å². The number of nitrogens with two attached hydrogens (primary N) is 1. The number of anilines is 1. The van der Waals surface area contributed by atoms with Crippen molar-refractivity contribution in [3.8, 4) is 0 Å². The molecule has 138 valence electrons. The van der Waals surface area contributed by atoms with Gasteiger partial charge in [-0.1, -0.05) is 43.3 Å². The highest BCUT2D eigenvalue weighted by molar-refractivity contribution is 5.92. The minimum absolute atomic E-state index is 0.438. The van der Waals surface area contributed by atoms with Crippen molar-refractivity contribution < 1.29 is 4.74 Å². The molecule has 0 saturated carbocycles. The van der Waals surface area contributed by atoms with E-state index in [4.69, 9.17) is 10.5 Å². The molecule has 1 aliphatic heterocycles. The number of rotatable bonds is 6. The fourth-order valence-corrected chi connectivity index (χ4v) is 3.03. The average Bonchev–Trinajstić information content (AvgIpc) is 2.68. The van der Waals surface area contributed by atoms with Crippen molar-refractivity contribution in [3.05, 3.63) is 65.2 Å². The molecule has 0 atom stereocenters. The van der Waals surface area contributed by atoms with Gasteiger partial charge in [-0.05, 0) is 35.2 Å². The van der Waals surface area contributed by atoms with Crippen LogP contribution in [0.2, 0.25) is 0 Å². The maximum absolute atomic E-state index is 6.03. The first-order valence-corrected chi connectivity index (χ1v) is 9.27. The van der Waals surface area contributed by atoms with Crippen molar-refractivity contribution in [2.45, 2.75) is 26.4 Å². The van der Waals surface area contributed by atoms with Crippen LogP contribution in [0.5, 0.6) is 0 Å². The molecule has 3 N–H and O–H groups in total. The number of nitrogens with zero attached hydrogens (tertiary/aromatic N) is 2. The van der Waals surface area contributed by atoms with Gasteiger partial charge in [0.25, 0.3) is 0 Å². The molecule has 1 heterocycles. The lowest BCUT2D eigenvalue weighted by atomic mass is 10.1. The Morgan fingerprint density at radius 2 is 1.81 bits per heavy atom. The van der Waals surface area contributed by atoms with Crippen LogP contribution in [-0.2, 0) is 24.2 Å². The number of hydrogen-bond donors (Lipinski definition) is 2. The third kappa shape index (κ3) is 5.58. The van der Waals surface area contributed by atoms with Gasteiger partial charge in [0.15, 0.2) is 5.96 Å². The van der Waals surface area contributed by atoms with Gasteiger partial charge in [-0.3, -0.25) is 4.90 Å². The molecule has 0 unspecified atom stereocenters. The van der Waals surface area contributed by atoms with E-state index in [0.717, 1.165) is 45.0 Å². The Hall–Kier alpha value is -2.37. The van der Waals surface area contributed by atoms with Crippen molar-refractivity contribution in [2.75, 3.05) is 31.6 Å². The summed E-state index contributed by atoms with van der Waals surface area (Å²) in [6, 6.07) is 16.8. The molecule has 5 heteroatoms. The first kappa shape index (κ1) is 18.4. The molecule has 3 rings (SSSR count). The molecule has 2 aromatic carbocycles. The van der Waals surface area contributed by atoms with Crippen LogP contribution in [0.15, 0.2) is 53.5 Å². The van der Waals surface area contributed by atoms with E-state index in [1.807, 2.05) is 12.1 Å². The second kappa shape index (κ2) is 9.36. The Kier molecular flexibility index (Phi) is 6.63. The van der Waals surface area contributed by atoms with Crippen LogP contribution in [0.4, 0.5) is 5.69 Å². The Morgan fingerprint density at radius 1 is 1.08 bits per heavy atom. The third-order valence-corrected chi connectivity index (χ3v) is 4.57. The minimum atomic E-state index is 0.438. The highest BCUT2D eigenvalue weighted by atomic mass is 16.5. The fraction of sp³-hybridized carbons (Fsp3) is 0.381. The Bertz CT molecular complexity index is 721. The molecule has 1 saturated heterocycles. The summed E-state index contributed by atoms with van der Waals surface area (Å²) in [6.45, 7) is 7.32. The summed E-state index contributed by atoms with van der Waals surface area (Å²) in [6.07, 6.45) is 1.03. The number of benzene rings is 2. The maximum atomic E-state index is 6.03. The Balaban J connectivity index is 1.55. The van der Waals surface area contributed by atoms with E-state index in [0.29, 0.717) is 12.5 Å². The van der Waals surface area contributed by atoms with Crippen molar-refractivity contribution in [3.63, 3.8) is 0 Å². The van der Waals surface area contributed by atoms with E-state index in [9.17, 15) is 0 Å². The highest BCUT2D eigenvalue weighted by Crippen LogP contribution is 2.12. The normalized spacial score (nSPS) is 15.8. The molecule has 1 fully saturated rings. The summed E-state index contributed by atoms with van der Waals surface area (Å²) in [7, 11) is 0. The standard InChI is InChI=1S/C21H28N4O/c1-2-17-6-8-20(9-7-17)24-21(22)23-15-18-4-3-5-19(14-18)16-25-10-12-26-13-11-25/h3-9,14H,2,10-13,15-16H2,1H3,(H3,22,23,24). The molecule has 0 amide bonds. The SMILES string of the molecule is CCc1ccc(NC(N)=NCc2cccc(CN3CCOCC3)c2)cc1. The molecule has 1 aliphatic rings. The summed E-state index contributed by atoms with van der Waals surface area (Å²) >= 11 is 0. The second-order valence-corrected chi connectivity index (χ2v) is 6.59. The third-order valence-electron chi connectivity index (χ3n) is 4.57. The summed E-state index contributed by atoms with van der Waals surface area (Å²) in [5.74, 6) is 0.438. The molecule has 5 nitrogen and oxygen atoms in total. The van der Waals surface area contributed by atoms with Crippen molar-refractivity contribution in [1.29, 1.82) is 0 Å². The predicted molar refractivity (Wildman–Crippen MR) is 107 cm³/mol. The van der Waals surface area contributed by atoms with Crippen molar-refractivity contribution in [1.82, 2.24) is 4.90 Å². The van der Waals surface area contributed by atoms with Gasteiger partial charge >= 0.3 is 0 Å². The molecule has 0 aromatic heterocycles. The predicted octanol–water partition coefficient (Wildman–Crippen LogP) is 3.01. The minimum Gasteiger partial charge on any atom is -0.379 e. The number of aryl methyl sites for hydroxylation is 1. The van der Waals surface area contributed by atoms with Gasteiger partial charge in [0.2, 0.25) is 0 Å². The summed E-state index contributed by atoms with van der Waals surface area (Å²) < 4.78 is 5.41. The van der Waals surface area contributed by atoms with E-state index in [1.165, 1.54) is 16.7 Å². The van der Waals surface area contributed by atoms with Gasteiger partial charge in [-0.2, -0.15) is 0 Å². The van der Waals surface area contributed by atoms with Crippen LogP contribution in [0.25, 0.3) is 0 Å². The fourth-order valence-electron chi connectivity index (χ4n) is 3.03. The zero-order valence-corrected chi connectivity index (χ0v) is 15.4. The molecular formula is C21H28N4O. The molecule has 0 bridgehead atoms. The average molecular weight is 352 g/mol. The second-order valence-electron chi connectivity index (χ2n) is 6.59. The number of aliphatic imine (C=N–C) groups is 1. The van der Waals surface area contributed by atoms with Crippen LogP contribution in [0.3, 0.4) is 0 Å². The molecule has 2 aromatic rings. The van der Waals surface area contributed by atoms with Gasteiger partial charge in [0, 0.05) is 25.3 Å². The van der Waals surface area contributed by atoms with Gasteiger partial charge in [0.1, 0.15) is 0 Å². The van der Waals surface area contributed by atoms with Crippen molar-refractivity contribution in [2.24, 2.45) is 10.7 Å².